The highest BCUT2D eigenvalue weighted by Crippen LogP contribution is 2.31. The number of benzene rings is 2. The Balaban J connectivity index is 1.67. The second-order valence-electron chi connectivity index (χ2n) is 6.28. The third-order valence-corrected chi connectivity index (χ3v) is 4.23. The molecule has 0 unspecified atom stereocenters. The number of ether oxygens (including phenoxy) is 4. The summed E-state index contributed by atoms with van der Waals surface area (Å²) >= 11 is 0. The first-order valence-corrected chi connectivity index (χ1v) is 9.50. The van der Waals surface area contributed by atoms with Crippen molar-refractivity contribution in [2.75, 3.05) is 32.4 Å². The molecule has 0 bridgehead atoms. The molecular formula is C22H23N5O5. The molecule has 10 heteroatoms. The zero-order valence-corrected chi connectivity index (χ0v) is 17.9. The number of esters is 1. The number of nitrogens with two attached hydrogens (primary N) is 1. The zero-order chi connectivity index (χ0) is 22.9. The molecule has 3 N–H and O–H groups in total. The summed E-state index contributed by atoms with van der Waals surface area (Å²) in [5, 5.41) is 3.01. The van der Waals surface area contributed by atoms with E-state index in [0.717, 1.165) is 0 Å². The van der Waals surface area contributed by atoms with Gasteiger partial charge in [-0.2, -0.15) is 15.0 Å². The van der Waals surface area contributed by atoms with E-state index in [2.05, 4.69) is 20.3 Å². The molecule has 2 aromatic carbocycles. The van der Waals surface area contributed by atoms with Crippen LogP contribution in [0.3, 0.4) is 0 Å². The van der Waals surface area contributed by atoms with Crippen molar-refractivity contribution in [2.24, 2.45) is 0 Å². The molecule has 3 aromatic rings. The van der Waals surface area contributed by atoms with Crippen molar-refractivity contribution in [1.29, 1.82) is 0 Å². The summed E-state index contributed by atoms with van der Waals surface area (Å²) in [6.45, 7) is -0.189. The van der Waals surface area contributed by atoms with E-state index in [1.54, 1.807) is 43.5 Å². The summed E-state index contributed by atoms with van der Waals surface area (Å²) in [4.78, 5) is 24.5. The highest BCUT2D eigenvalue weighted by atomic mass is 16.5. The van der Waals surface area contributed by atoms with Gasteiger partial charge in [-0.05, 0) is 24.3 Å². The maximum Gasteiger partial charge on any atom is 0.331 e. The Hall–Kier alpha value is -4.34. The van der Waals surface area contributed by atoms with Crippen LogP contribution >= 0.6 is 0 Å². The van der Waals surface area contributed by atoms with Crippen LogP contribution in [0.5, 0.6) is 17.2 Å². The van der Waals surface area contributed by atoms with Crippen LogP contribution < -0.4 is 25.3 Å². The average Bonchev–Trinajstić information content (AvgIpc) is 2.81. The Morgan fingerprint density at radius 1 is 0.969 bits per heavy atom. The Morgan fingerprint density at radius 2 is 1.72 bits per heavy atom. The second kappa shape index (κ2) is 10.6. The summed E-state index contributed by atoms with van der Waals surface area (Å²) in [7, 11) is 4.62. The number of methoxy groups -OCH3 is 3. The number of anilines is 3. The van der Waals surface area contributed by atoms with E-state index in [-0.39, 0.29) is 24.3 Å². The molecule has 0 spiro atoms. The molecule has 0 radical (unpaired) electrons. The third-order valence-electron chi connectivity index (χ3n) is 4.23. The maximum absolute atomic E-state index is 12.2. The van der Waals surface area contributed by atoms with Gasteiger partial charge in [0, 0.05) is 11.6 Å². The summed E-state index contributed by atoms with van der Waals surface area (Å²) in [5.41, 5.74) is 7.09. The van der Waals surface area contributed by atoms with Gasteiger partial charge < -0.3 is 30.0 Å². The van der Waals surface area contributed by atoms with E-state index in [1.807, 2.05) is 12.1 Å². The topological polar surface area (TPSA) is 131 Å². The van der Waals surface area contributed by atoms with Crippen LogP contribution in [0, 0.1) is 0 Å². The minimum atomic E-state index is -0.590. The van der Waals surface area contributed by atoms with E-state index >= 15 is 0 Å². The molecule has 0 aliphatic carbocycles. The Morgan fingerprint density at radius 3 is 2.47 bits per heavy atom. The van der Waals surface area contributed by atoms with Crippen molar-refractivity contribution in [2.45, 2.75) is 6.61 Å². The lowest BCUT2D eigenvalue weighted by atomic mass is 10.1. The minimum absolute atomic E-state index is 0.0138. The molecule has 32 heavy (non-hydrogen) atoms. The van der Waals surface area contributed by atoms with Gasteiger partial charge in [0.05, 0.1) is 27.0 Å². The van der Waals surface area contributed by atoms with Gasteiger partial charge in [0.15, 0.2) is 23.9 Å². The van der Waals surface area contributed by atoms with E-state index < -0.39 is 5.97 Å². The van der Waals surface area contributed by atoms with Gasteiger partial charge in [0.25, 0.3) is 0 Å². The van der Waals surface area contributed by atoms with Crippen molar-refractivity contribution in [3.05, 3.63) is 59.9 Å². The molecule has 0 saturated carbocycles. The van der Waals surface area contributed by atoms with Crippen LogP contribution in [0.25, 0.3) is 6.08 Å². The number of hydrogen-bond acceptors (Lipinski definition) is 10. The second-order valence-corrected chi connectivity index (χ2v) is 6.28. The zero-order valence-electron chi connectivity index (χ0n) is 17.9. The highest BCUT2D eigenvalue weighted by Gasteiger charge is 2.10. The predicted molar refractivity (Wildman–Crippen MR) is 119 cm³/mol. The molecule has 1 aromatic heterocycles. The molecule has 0 saturated heterocycles. The SMILES string of the molecule is COc1ccccc1Nc1nc(N)nc(COC(=O)/C=C/c2cccc(OC)c2OC)n1. The largest absolute Gasteiger partial charge is 0.495 e. The summed E-state index contributed by atoms with van der Waals surface area (Å²) in [5.74, 6) is 1.46. The predicted octanol–water partition coefficient (Wildman–Crippen LogP) is 2.98. The van der Waals surface area contributed by atoms with Gasteiger partial charge >= 0.3 is 5.97 Å². The number of para-hydroxylation sites is 3. The lowest BCUT2D eigenvalue weighted by molar-refractivity contribution is -0.139. The minimum Gasteiger partial charge on any atom is -0.495 e. The van der Waals surface area contributed by atoms with Crippen LogP contribution in [-0.4, -0.2) is 42.3 Å². The van der Waals surface area contributed by atoms with Gasteiger partial charge in [-0.3, -0.25) is 0 Å². The van der Waals surface area contributed by atoms with Gasteiger partial charge in [-0.25, -0.2) is 4.79 Å². The third kappa shape index (κ3) is 5.63. The molecule has 0 aliphatic rings. The fraction of sp³-hybridized carbons (Fsp3) is 0.182. The molecule has 0 aliphatic heterocycles. The summed E-state index contributed by atoms with van der Waals surface area (Å²) < 4.78 is 21.1. The quantitative estimate of drug-likeness (QED) is 0.380. The molecule has 10 nitrogen and oxygen atoms in total. The van der Waals surface area contributed by atoms with Crippen molar-refractivity contribution in [1.82, 2.24) is 15.0 Å². The molecule has 0 atom stereocenters. The summed E-state index contributed by atoms with van der Waals surface area (Å²) in [6.07, 6.45) is 2.84. The van der Waals surface area contributed by atoms with E-state index in [0.29, 0.717) is 28.5 Å². The number of nitrogens with one attached hydrogen (secondary N) is 1. The molecule has 3 rings (SSSR count). The molecule has 1 heterocycles. The Bertz CT molecular complexity index is 1120. The number of carbonyl (C=O) groups is 1. The average molecular weight is 437 g/mol. The van der Waals surface area contributed by atoms with Crippen molar-refractivity contribution in [3.63, 3.8) is 0 Å². The van der Waals surface area contributed by atoms with Crippen LogP contribution in [0.2, 0.25) is 0 Å². The van der Waals surface area contributed by atoms with Gasteiger partial charge in [-0.1, -0.05) is 24.3 Å². The number of carbonyl (C=O) groups excluding carboxylic acids is 1. The number of aromatic nitrogens is 3. The van der Waals surface area contributed by atoms with Gasteiger partial charge in [-0.15, -0.1) is 0 Å². The molecular weight excluding hydrogens is 414 g/mol. The van der Waals surface area contributed by atoms with Crippen LogP contribution in [-0.2, 0) is 16.1 Å². The molecule has 0 amide bonds. The fourth-order valence-electron chi connectivity index (χ4n) is 2.81. The summed E-state index contributed by atoms with van der Waals surface area (Å²) in [6, 6.07) is 12.6. The first-order chi connectivity index (χ1) is 15.5. The maximum atomic E-state index is 12.2. The Kier molecular flexibility index (Phi) is 7.42. The lowest BCUT2D eigenvalue weighted by Crippen LogP contribution is -2.10. The highest BCUT2D eigenvalue weighted by molar-refractivity contribution is 5.87. The molecule has 166 valence electrons. The first kappa shape index (κ1) is 22.3. The number of rotatable bonds is 9. The lowest BCUT2D eigenvalue weighted by Gasteiger charge is -2.10. The van der Waals surface area contributed by atoms with Gasteiger partial charge in [0.1, 0.15) is 5.75 Å². The normalized spacial score (nSPS) is 10.6. The standard InChI is InChI=1S/C22H23N5O5/c1-29-16-9-5-4-8-15(16)24-22-26-18(25-21(23)27-22)13-32-19(28)12-11-14-7-6-10-17(30-2)20(14)31-3/h4-12H,13H2,1-3H3,(H3,23,24,25,26,27)/b12-11+. The van der Waals surface area contributed by atoms with Crippen LogP contribution in [0.15, 0.2) is 48.5 Å². The van der Waals surface area contributed by atoms with E-state index in [1.165, 1.54) is 20.3 Å². The smallest absolute Gasteiger partial charge is 0.331 e. The van der Waals surface area contributed by atoms with Crippen LogP contribution in [0.4, 0.5) is 17.6 Å². The van der Waals surface area contributed by atoms with Gasteiger partial charge in [0.2, 0.25) is 11.9 Å². The number of nitrogens with zero attached hydrogens (tertiary/aromatic N) is 3. The number of hydrogen-bond donors (Lipinski definition) is 2. The number of nitrogen functional groups attached to an aromatic ring is 1. The monoisotopic (exact) mass is 437 g/mol. The van der Waals surface area contributed by atoms with E-state index in [9.17, 15) is 4.79 Å². The Labute approximate surface area is 185 Å². The van der Waals surface area contributed by atoms with E-state index in [4.69, 9.17) is 24.7 Å². The first-order valence-electron chi connectivity index (χ1n) is 9.50. The fourth-order valence-corrected chi connectivity index (χ4v) is 2.81. The van der Waals surface area contributed by atoms with Crippen LogP contribution in [0.1, 0.15) is 11.4 Å². The van der Waals surface area contributed by atoms with Crippen molar-refractivity contribution >= 4 is 29.6 Å². The van der Waals surface area contributed by atoms with Crippen molar-refractivity contribution in [3.8, 4) is 17.2 Å². The van der Waals surface area contributed by atoms with Crippen molar-refractivity contribution < 1.29 is 23.7 Å². The molecule has 0 fully saturated rings.